The van der Waals surface area contributed by atoms with Gasteiger partial charge < -0.3 is 14.2 Å². The van der Waals surface area contributed by atoms with E-state index in [0.717, 1.165) is 18.7 Å². The van der Waals surface area contributed by atoms with Crippen LogP contribution in [0.15, 0.2) is 29.4 Å². The summed E-state index contributed by atoms with van der Waals surface area (Å²) in [6.07, 6.45) is 3.41. The van der Waals surface area contributed by atoms with Crippen LogP contribution in [0.4, 0.5) is 11.4 Å². The molecule has 2 saturated heterocycles. The summed E-state index contributed by atoms with van der Waals surface area (Å²) in [5, 5.41) is 19.9. The first-order valence-corrected chi connectivity index (χ1v) is 11.3. The zero-order valence-electron chi connectivity index (χ0n) is 16.7. The number of rotatable bonds is 5. The summed E-state index contributed by atoms with van der Waals surface area (Å²) in [4.78, 5) is 13.2. The van der Waals surface area contributed by atoms with Crippen LogP contribution < -0.4 is 4.90 Å². The lowest BCUT2D eigenvalue weighted by Gasteiger charge is -2.33. The number of sulfonamides is 1. The molecule has 0 saturated carbocycles. The zero-order chi connectivity index (χ0) is 21.3. The molecule has 11 nitrogen and oxygen atoms in total. The largest absolute Gasteiger partial charge is 0.379 e. The fraction of sp³-hybridized carbons (Fsp3) is 0.556. The molecule has 0 aliphatic carbocycles. The van der Waals surface area contributed by atoms with Gasteiger partial charge in [0, 0.05) is 45.2 Å². The second-order valence-corrected chi connectivity index (χ2v) is 9.45. The van der Waals surface area contributed by atoms with Crippen LogP contribution in [0.2, 0.25) is 0 Å². The molecular weight excluding hydrogens is 412 g/mol. The number of nitrogens with zero attached hydrogens (tertiary/aromatic N) is 6. The molecule has 2 aliphatic heterocycles. The van der Waals surface area contributed by atoms with Crippen LogP contribution in [0, 0.1) is 10.1 Å². The van der Waals surface area contributed by atoms with E-state index in [4.69, 9.17) is 4.74 Å². The molecule has 2 fully saturated rings. The molecule has 0 radical (unpaired) electrons. The molecule has 30 heavy (non-hydrogen) atoms. The van der Waals surface area contributed by atoms with Crippen LogP contribution in [-0.4, -0.2) is 71.8 Å². The average Bonchev–Trinajstić information content (AvgIpc) is 3.20. The highest BCUT2D eigenvalue weighted by Gasteiger charge is 2.32. The molecule has 1 aromatic carbocycles. The lowest BCUT2D eigenvalue weighted by molar-refractivity contribution is -0.384. The third-order valence-electron chi connectivity index (χ3n) is 5.63. The number of aryl methyl sites for hydroxylation is 1. The molecule has 0 amide bonds. The van der Waals surface area contributed by atoms with Gasteiger partial charge in [0.05, 0.1) is 23.0 Å². The van der Waals surface area contributed by atoms with E-state index in [9.17, 15) is 18.5 Å². The molecule has 1 atom stereocenters. The van der Waals surface area contributed by atoms with Gasteiger partial charge in [0.2, 0.25) is 10.0 Å². The number of hydrogen-bond acceptors (Lipinski definition) is 8. The summed E-state index contributed by atoms with van der Waals surface area (Å²) in [6, 6.07) is 4.18. The van der Waals surface area contributed by atoms with Crippen molar-refractivity contribution in [2.75, 3.05) is 44.3 Å². The lowest BCUT2D eigenvalue weighted by atomic mass is 9.96. The monoisotopic (exact) mass is 436 g/mol. The summed E-state index contributed by atoms with van der Waals surface area (Å²) in [5.41, 5.74) is 0.218. The second-order valence-electron chi connectivity index (χ2n) is 7.51. The molecule has 12 heteroatoms. The average molecular weight is 436 g/mol. The van der Waals surface area contributed by atoms with Crippen LogP contribution >= 0.6 is 0 Å². The minimum atomic E-state index is -3.81. The molecule has 0 bridgehead atoms. The van der Waals surface area contributed by atoms with E-state index in [2.05, 4.69) is 10.2 Å². The Balaban J connectivity index is 1.64. The van der Waals surface area contributed by atoms with Gasteiger partial charge in [0.25, 0.3) is 5.69 Å². The smallest absolute Gasteiger partial charge is 0.293 e. The van der Waals surface area contributed by atoms with Crippen LogP contribution in [0.25, 0.3) is 0 Å². The molecule has 162 valence electrons. The van der Waals surface area contributed by atoms with Gasteiger partial charge in [-0.3, -0.25) is 10.1 Å². The van der Waals surface area contributed by atoms with Crippen molar-refractivity contribution in [3.05, 3.63) is 40.5 Å². The predicted molar refractivity (Wildman–Crippen MR) is 108 cm³/mol. The number of benzene rings is 1. The number of aromatic nitrogens is 3. The summed E-state index contributed by atoms with van der Waals surface area (Å²) in [6.45, 7) is 2.33. The fourth-order valence-corrected chi connectivity index (χ4v) is 5.51. The van der Waals surface area contributed by atoms with Gasteiger partial charge >= 0.3 is 0 Å². The first-order chi connectivity index (χ1) is 14.4. The molecule has 1 unspecified atom stereocenters. The lowest BCUT2D eigenvalue weighted by Crippen LogP contribution is -2.40. The Bertz CT molecular complexity index is 1030. The van der Waals surface area contributed by atoms with Gasteiger partial charge in [0.1, 0.15) is 17.8 Å². The van der Waals surface area contributed by atoms with Crippen molar-refractivity contribution in [1.29, 1.82) is 0 Å². The van der Waals surface area contributed by atoms with E-state index < -0.39 is 14.9 Å². The molecule has 0 N–H and O–H groups in total. The molecule has 0 spiro atoms. The summed E-state index contributed by atoms with van der Waals surface area (Å²) >= 11 is 0. The van der Waals surface area contributed by atoms with Gasteiger partial charge in [-0.15, -0.1) is 10.2 Å². The van der Waals surface area contributed by atoms with Gasteiger partial charge in [-0.05, 0) is 25.0 Å². The minimum absolute atomic E-state index is 0.0679. The molecule has 4 rings (SSSR count). The van der Waals surface area contributed by atoms with Crippen LogP contribution in [0.3, 0.4) is 0 Å². The predicted octanol–water partition coefficient (Wildman–Crippen LogP) is 1.13. The first-order valence-electron chi connectivity index (χ1n) is 9.83. The van der Waals surface area contributed by atoms with Gasteiger partial charge in [-0.25, -0.2) is 8.42 Å². The molecular formula is C18H24N6O5S. The number of nitro groups is 1. The standard InChI is InChI=1S/C18H24N6O5S/c1-21-13-19-20-18(21)14-3-2-6-22(12-14)16-5-4-15(11-17(16)24(25)26)30(27,28)23-7-9-29-10-8-23/h4-5,11,13-14H,2-3,6-10,12H2,1H3. The number of anilines is 1. The van der Waals surface area contributed by atoms with Crippen molar-refractivity contribution in [3.63, 3.8) is 0 Å². The maximum Gasteiger partial charge on any atom is 0.293 e. The maximum absolute atomic E-state index is 12.9. The van der Waals surface area contributed by atoms with E-state index >= 15 is 0 Å². The first kappa shape index (κ1) is 20.7. The van der Waals surface area contributed by atoms with Crippen molar-refractivity contribution < 1.29 is 18.1 Å². The number of hydrogen-bond donors (Lipinski definition) is 0. The number of morpholine rings is 1. The molecule has 2 aromatic rings. The van der Waals surface area contributed by atoms with Gasteiger partial charge in [-0.2, -0.15) is 4.31 Å². The Morgan fingerprint density at radius 1 is 1.23 bits per heavy atom. The van der Waals surface area contributed by atoms with Crippen molar-refractivity contribution >= 4 is 21.4 Å². The van der Waals surface area contributed by atoms with Gasteiger partial charge in [0.15, 0.2) is 0 Å². The molecule has 2 aliphatic rings. The van der Waals surface area contributed by atoms with Crippen molar-refractivity contribution in [2.45, 2.75) is 23.7 Å². The SMILES string of the molecule is Cn1cnnc1C1CCCN(c2ccc(S(=O)(=O)N3CCOCC3)cc2[N+](=O)[O-])C1. The minimum Gasteiger partial charge on any atom is -0.379 e. The summed E-state index contributed by atoms with van der Waals surface area (Å²) in [5.74, 6) is 0.941. The van der Waals surface area contributed by atoms with Crippen LogP contribution in [0.5, 0.6) is 0 Å². The Morgan fingerprint density at radius 2 is 2.00 bits per heavy atom. The number of piperidine rings is 1. The molecule has 3 heterocycles. The van der Waals surface area contributed by atoms with E-state index in [1.165, 1.54) is 16.4 Å². The quantitative estimate of drug-likeness (QED) is 0.505. The Hall–Kier alpha value is -2.57. The normalized spacial score (nSPS) is 21.0. The highest BCUT2D eigenvalue weighted by molar-refractivity contribution is 7.89. The van der Waals surface area contributed by atoms with Crippen molar-refractivity contribution in [3.8, 4) is 0 Å². The van der Waals surface area contributed by atoms with E-state index in [0.29, 0.717) is 32.0 Å². The molecule has 1 aromatic heterocycles. The van der Waals surface area contributed by atoms with Crippen LogP contribution in [-0.2, 0) is 21.8 Å². The van der Waals surface area contributed by atoms with Crippen molar-refractivity contribution in [2.24, 2.45) is 7.05 Å². The van der Waals surface area contributed by atoms with E-state index in [1.807, 2.05) is 16.5 Å². The second kappa shape index (κ2) is 8.28. The van der Waals surface area contributed by atoms with Crippen LogP contribution in [0.1, 0.15) is 24.6 Å². The highest BCUT2D eigenvalue weighted by Crippen LogP contribution is 2.36. The zero-order valence-corrected chi connectivity index (χ0v) is 17.5. The topological polar surface area (TPSA) is 124 Å². The maximum atomic E-state index is 12.9. The van der Waals surface area contributed by atoms with Crippen molar-refractivity contribution in [1.82, 2.24) is 19.1 Å². The highest BCUT2D eigenvalue weighted by atomic mass is 32.2. The Morgan fingerprint density at radius 3 is 2.67 bits per heavy atom. The third kappa shape index (κ3) is 3.89. The van der Waals surface area contributed by atoms with E-state index in [-0.39, 0.29) is 29.6 Å². The van der Waals surface area contributed by atoms with Gasteiger partial charge in [-0.1, -0.05) is 0 Å². The number of nitro benzene ring substituents is 1. The summed E-state index contributed by atoms with van der Waals surface area (Å²) < 4.78 is 34.2. The fourth-order valence-electron chi connectivity index (χ4n) is 4.08. The summed E-state index contributed by atoms with van der Waals surface area (Å²) in [7, 11) is -1.93. The van der Waals surface area contributed by atoms with E-state index in [1.54, 1.807) is 12.4 Å². The third-order valence-corrected chi connectivity index (χ3v) is 7.52. The Labute approximate surface area is 174 Å². The Kier molecular flexibility index (Phi) is 5.71. The number of ether oxygens (including phenoxy) is 1.